The van der Waals surface area contributed by atoms with E-state index >= 15 is 0 Å². The van der Waals surface area contributed by atoms with Gasteiger partial charge in [-0.1, -0.05) is 12.1 Å². The predicted molar refractivity (Wildman–Crippen MR) is 82.8 cm³/mol. The molecule has 1 rings (SSSR count). The van der Waals surface area contributed by atoms with E-state index in [2.05, 4.69) is 4.99 Å². The average molecular weight is 297 g/mol. The van der Waals surface area contributed by atoms with Crippen LogP contribution in [0.5, 0.6) is 0 Å². The highest BCUT2D eigenvalue weighted by Gasteiger charge is 2.11. The Kier molecular flexibility index (Phi) is 5.16. The summed E-state index contributed by atoms with van der Waals surface area (Å²) in [6.45, 7) is 2.33. The van der Waals surface area contributed by atoms with Gasteiger partial charge in [0.05, 0.1) is 11.4 Å². The monoisotopic (exact) mass is 297 g/mol. The van der Waals surface area contributed by atoms with E-state index in [1.807, 2.05) is 57.0 Å². The molecule has 0 atom stereocenters. The molecule has 1 aromatic rings. The molecule has 0 aliphatic heterocycles. The smallest absolute Gasteiger partial charge is 0.195 e. The fourth-order valence-corrected chi connectivity index (χ4v) is 3.03. The lowest BCUT2D eigenvalue weighted by Crippen LogP contribution is -2.35. The first-order chi connectivity index (χ1) is 9.12. The van der Waals surface area contributed by atoms with Crippen LogP contribution in [-0.2, 0) is 16.4 Å². The number of sulfone groups is 1. The van der Waals surface area contributed by atoms with Crippen LogP contribution in [-0.4, -0.2) is 58.6 Å². The van der Waals surface area contributed by atoms with Crippen LogP contribution in [0.4, 0.5) is 0 Å². The Morgan fingerprint density at radius 1 is 1.15 bits per heavy atom. The van der Waals surface area contributed by atoms with Gasteiger partial charge in [0.25, 0.3) is 0 Å². The van der Waals surface area contributed by atoms with Crippen LogP contribution in [0.2, 0.25) is 0 Å². The molecule has 0 aliphatic carbocycles. The first-order valence-corrected chi connectivity index (χ1v) is 8.20. The van der Waals surface area contributed by atoms with E-state index in [0.717, 1.165) is 17.1 Å². The Labute approximate surface area is 121 Å². The molecule has 5 nitrogen and oxygen atoms in total. The normalized spacial score (nSPS) is 11.1. The molecule has 0 bridgehead atoms. The molecule has 0 unspecified atom stereocenters. The van der Waals surface area contributed by atoms with Crippen molar-refractivity contribution in [2.24, 2.45) is 4.99 Å². The molecule has 112 valence electrons. The summed E-state index contributed by atoms with van der Waals surface area (Å²) in [5, 5.41) is 0. The van der Waals surface area contributed by atoms with Gasteiger partial charge in [0, 0.05) is 34.4 Å². The van der Waals surface area contributed by atoms with E-state index in [9.17, 15) is 8.42 Å². The Hall–Kier alpha value is -1.56. The standard InChI is InChI=1S/C14H23N3O2S/c1-11-9-12(7-8-13(11)20(6,18)19)10-15-14(16(2)3)17(4)5/h7-9H,10H2,1-6H3. The number of nitrogens with zero attached hydrogens (tertiary/aromatic N) is 3. The van der Waals surface area contributed by atoms with Gasteiger partial charge in [-0.15, -0.1) is 0 Å². The van der Waals surface area contributed by atoms with Crippen molar-refractivity contribution in [2.75, 3.05) is 34.4 Å². The Bertz CT molecular complexity index is 595. The molecule has 20 heavy (non-hydrogen) atoms. The van der Waals surface area contributed by atoms with Gasteiger partial charge in [0.1, 0.15) is 0 Å². The van der Waals surface area contributed by atoms with Crippen molar-refractivity contribution >= 4 is 15.8 Å². The zero-order valence-corrected chi connectivity index (χ0v) is 13.8. The molecule has 0 aliphatic rings. The molecule has 0 amide bonds. The topological polar surface area (TPSA) is 53.0 Å². The second kappa shape index (κ2) is 6.26. The van der Waals surface area contributed by atoms with E-state index in [4.69, 9.17) is 0 Å². The minimum atomic E-state index is -3.16. The van der Waals surface area contributed by atoms with Gasteiger partial charge in [-0.3, -0.25) is 0 Å². The number of hydrogen-bond donors (Lipinski definition) is 0. The highest BCUT2D eigenvalue weighted by molar-refractivity contribution is 7.90. The lowest BCUT2D eigenvalue weighted by molar-refractivity contribution is 0.479. The van der Waals surface area contributed by atoms with Crippen LogP contribution < -0.4 is 0 Å². The molecule has 0 aromatic heterocycles. The SMILES string of the molecule is Cc1cc(CN=C(N(C)C)N(C)C)ccc1S(C)(=O)=O. The lowest BCUT2D eigenvalue weighted by atomic mass is 10.1. The van der Waals surface area contributed by atoms with Crippen LogP contribution in [0.15, 0.2) is 28.1 Å². The van der Waals surface area contributed by atoms with Crippen LogP contribution in [0.25, 0.3) is 0 Å². The highest BCUT2D eigenvalue weighted by Crippen LogP contribution is 2.17. The quantitative estimate of drug-likeness (QED) is 0.625. The van der Waals surface area contributed by atoms with Crippen molar-refractivity contribution in [1.29, 1.82) is 0 Å². The summed E-state index contributed by atoms with van der Waals surface area (Å²) in [5.74, 6) is 0.870. The predicted octanol–water partition coefficient (Wildman–Crippen LogP) is 1.38. The van der Waals surface area contributed by atoms with Gasteiger partial charge < -0.3 is 9.80 Å². The number of aliphatic imine (C=N–C) groups is 1. The van der Waals surface area contributed by atoms with Crippen LogP contribution in [0.3, 0.4) is 0 Å². The fraction of sp³-hybridized carbons (Fsp3) is 0.500. The maximum atomic E-state index is 11.6. The molecule has 0 N–H and O–H groups in total. The summed E-state index contributed by atoms with van der Waals surface area (Å²) < 4.78 is 23.1. The molecule has 0 fully saturated rings. The van der Waals surface area contributed by atoms with Crippen molar-refractivity contribution in [2.45, 2.75) is 18.4 Å². The molecule has 0 saturated heterocycles. The van der Waals surface area contributed by atoms with Gasteiger partial charge in [-0.25, -0.2) is 13.4 Å². The van der Waals surface area contributed by atoms with Crippen molar-refractivity contribution < 1.29 is 8.42 Å². The molecule has 0 heterocycles. The fourth-order valence-electron chi connectivity index (χ4n) is 2.07. The van der Waals surface area contributed by atoms with E-state index in [1.165, 1.54) is 6.26 Å². The minimum absolute atomic E-state index is 0.380. The first-order valence-electron chi connectivity index (χ1n) is 6.31. The van der Waals surface area contributed by atoms with Gasteiger partial charge in [-0.05, 0) is 24.1 Å². The summed E-state index contributed by atoms with van der Waals surface area (Å²) in [6, 6.07) is 5.35. The van der Waals surface area contributed by atoms with Crippen LogP contribution in [0.1, 0.15) is 11.1 Å². The maximum absolute atomic E-state index is 11.6. The number of aryl methyl sites for hydroxylation is 1. The average Bonchev–Trinajstić information content (AvgIpc) is 2.26. The second-order valence-corrected chi connectivity index (χ2v) is 7.26. The van der Waals surface area contributed by atoms with E-state index in [-0.39, 0.29) is 0 Å². The zero-order chi connectivity index (χ0) is 15.5. The largest absolute Gasteiger partial charge is 0.349 e. The number of hydrogen-bond acceptors (Lipinski definition) is 3. The summed E-state index contributed by atoms with van der Waals surface area (Å²) in [4.78, 5) is 8.81. The Balaban J connectivity index is 3.01. The van der Waals surface area contributed by atoms with Crippen molar-refractivity contribution in [3.8, 4) is 0 Å². The third-order valence-corrected chi connectivity index (χ3v) is 4.10. The van der Waals surface area contributed by atoms with E-state index < -0.39 is 9.84 Å². The third-order valence-electron chi connectivity index (χ3n) is 2.84. The van der Waals surface area contributed by atoms with Crippen LogP contribution in [0, 0.1) is 6.92 Å². The summed E-state index contributed by atoms with van der Waals surface area (Å²) in [7, 11) is 4.60. The van der Waals surface area contributed by atoms with E-state index in [0.29, 0.717) is 11.4 Å². The molecule has 0 radical (unpaired) electrons. The van der Waals surface area contributed by atoms with Crippen LogP contribution >= 0.6 is 0 Å². The van der Waals surface area contributed by atoms with Gasteiger partial charge in [-0.2, -0.15) is 0 Å². The summed E-state index contributed by atoms with van der Waals surface area (Å²) in [5.41, 5.74) is 1.76. The summed E-state index contributed by atoms with van der Waals surface area (Å²) in [6.07, 6.45) is 1.23. The zero-order valence-electron chi connectivity index (χ0n) is 13.0. The second-order valence-electron chi connectivity index (χ2n) is 5.28. The lowest BCUT2D eigenvalue weighted by Gasteiger charge is -2.22. The molecule has 0 saturated carbocycles. The third kappa shape index (κ3) is 4.23. The molecular weight excluding hydrogens is 274 g/mol. The number of rotatable bonds is 3. The van der Waals surface area contributed by atoms with Gasteiger partial charge in [0.2, 0.25) is 0 Å². The molecular formula is C14H23N3O2S. The Morgan fingerprint density at radius 3 is 2.10 bits per heavy atom. The minimum Gasteiger partial charge on any atom is -0.349 e. The summed E-state index contributed by atoms with van der Waals surface area (Å²) >= 11 is 0. The molecule has 6 heteroatoms. The van der Waals surface area contributed by atoms with E-state index in [1.54, 1.807) is 6.07 Å². The number of guanidine groups is 1. The molecule has 1 aromatic carbocycles. The molecule has 0 spiro atoms. The van der Waals surface area contributed by atoms with Crippen molar-refractivity contribution in [3.63, 3.8) is 0 Å². The van der Waals surface area contributed by atoms with Gasteiger partial charge >= 0.3 is 0 Å². The highest BCUT2D eigenvalue weighted by atomic mass is 32.2. The Morgan fingerprint density at radius 2 is 1.70 bits per heavy atom. The van der Waals surface area contributed by atoms with Crippen molar-refractivity contribution in [1.82, 2.24) is 9.80 Å². The van der Waals surface area contributed by atoms with Gasteiger partial charge in [0.15, 0.2) is 15.8 Å². The maximum Gasteiger partial charge on any atom is 0.195 e. The number of benzene rings is 1. The first kappa shape index (κ1) is 16.5. The van der Waals surface area contributed by atoms with Crippen molar-refractivity contribution in [3.05, 3.63) is 29.3 Å².